The number of benzene rings is 2. The van der Waals surface area contributed by atoms with Crippen LogP contribution in [-0.4, -0.2) is 37.5 Å². The number of nitrogens with one attached hydrogen (secondary N) is 1. The molecule has 1 aliphatic heterocycles. The monoisotopic (exact) mass is 489 g/mol. The second-order valence-electron chi connectivity index (χ2n) is 7.25. The summed E-state index contributed by atoms with van der Waals surface area (Å²) in [4.78, 5) is 32.2. The third-order valence-electron chi connectivity index (χ3n) is 5.10. The molecule has 0 saturated heterocycles. The smallest absolute Gasteiger partial charge is 0.270 e. The zero-order valence-electron chi connectivity index (χ0n) is 17.2. The summed E-state index contributed by atoms with van der Waals surface area (Å²) in [6.07, 6.45) is 0.645. The van der Waals surface area contributed by atoms with Gasteiger partial charge in [0.05, 0.1) is 22.8 Å². The zero-order valence-corrected chi connectivity index (χ0v) is 19.6. The predicted octanol–water partition coefficient (Wildman–Crippen LogP) is 3.97. The lowest BCUT2D eigenvalue weighted by Crippen LogP contribution is -2.36. The highest BCUT2D eigenvalue weighted by molar-refractivity contribution is 7.91. The maximum Gasteiger partial charge on any atom is 0.270 e. The summed E-state index contributed by atoms with van der Waals surface area (Å²) in [5.74, 6) is -0.435. The fourth-order valence-corrected chi connectivity index (χ4v) is 5.45. The molecule has 0 fully saturated rings. The van der Waals surface area contributed by atoms with Gasteiger partial charge in [0.2, 0.25) is 5.91 Å². The predicted molar refractivity (Wildman–Crippen MR) is 125 cm³/mol. The number of nitrogens with zero attached hydrogens (tertiary/aromatic N) is 2. The van der Waals surface area contributed by atoms with Crippen molar-refractivity contribution in [3.8, 4) is 0 Å². The van der Waals surface area contributed by atoms with Gasteiger partial charge in [-0.3, -0.25) is 9.59 Å². The molecule has 0 atom stereocenters. The Labute approximate surface area is 195 Å². The number of aromatic nitrogens is 1. The molecule has 1 N–H and O–H groups in total. The Morgan fingerprint density at radius 3 is 2.66 bits per heavy atom. The number of fused-ring (bicyclic) bond motifs is 1. The van der Waals surface area contributed by atoms with Gasteiger partial charge in [0.25, 0.3) is 5.91 Å². The Hall–Kier alpha value is -2.75. The van der Waals surface area contributed by atoms with Crippen LogP contribution in [-0.2, 0) is 27.5 Å². The highest BCUT2D eigenvalue weighted by atomic mass is 35.5. The summed E-state index contributed by atoms with van der Waals surface area (Å²) in [5.41, 5.74) is 2.07. The molecule has 10 heteroatoms. The molecule has 0 radical (unpaired) electrons. The minimum absolute atomic E-state index is 0.0228. The summed E-state index contributed by atoms with van der Waals surface area (Å²) >= 11 is 7.20. The molecule has 2 amide bonds. The molecule has 0 bridgehead atoms. The van der Waals surface area contributed by atoms with Crippen LogP contribution < -0.4 is 10.2 Å². The van der Waals surface area contributed by atoms with Crippen LogP contribution >= 0.6 is 22.9 Å². The van der Waals surface area contributed by atoms with Gasteiger partial charge in [0.15, 0.2) is 15.0 Å². The summed E-state index contributed by atoms with van der Waals surface area (Å²) in [6.45, 7) is 2.07. The molecule has 2 heterocycles. The second kappa shape index (κ2) is 9.01. The maximum absolute atomic E-state index is 12.9. The van der Waals surface area contributed by atoms with Crippen LogP contribution in [0.1, 0.15) is 27.9 Å². The van der Waals surface area contributed by atoms with Gasteiger partial charge in [0, 0.05) is 23.7 Å². The van der Waals surface area contributed by atoms with E-state index >= 15 is 0 Å². The summed E-state index contributed by atoms with van der Waals surface area (Å²) < 4.78 is 23.8. The lowest BCUT2D eigenvalue weighted by atomic mass is 10.1. The van der Waals surface area contributed by atoms with Gasteiger partial charge in [-0.1, -0.05) is 48.1 Å². The minimum Gasteiger partial charge on any atom is -0.307 e. The first kappa shape index (κ1) is 22.4. The van der Waals surface area contributed by atoms with Gasteiger partial charge in [0.1, 0.15) is 4.88 Å². The summed E-state index contributed by atoms with van der Waals surface area (Å²) in [5, 5.41) is 3.67. The van der Waals surface area contributed by atoms with Crippen molar-refractivity contribution in [1.82, 2.24) is 4.98 Å². The van der Waals surface area contributed by atoms with Crippen LogP contribution in [0, 0.1) is 0 Å². The molecule has 4 rings (SSSR count). The van der Waals surface area contributed by atoms with E-state index in [1.54, 1.807) is 42.2 Å². The van der Waals surface area contributed by atoms with Crippen LogP contribution in [0.5, 0.6) is 0 Å². The third kappa shape index (κ3) is 4.69. The first-order valence-corrected chi connectivity index (χ1v) is 12.8. The molecule has 0 saturated carbocycles. The van der Waals surface area contributed by atoms with Crippen LogP contribution in [0.3, 0.4) is 0 Å². The summed E-state index contributed by atoms with van der Waals surface area (Å²) in [7, 11) is -3.28. The van der Waals surface area contributed by atoms with E-state index in [1.165, 1.54) is 12.1 Å². The van der Waals surface area contributed by atoms with E-state index in [-0.39, 0.29) is 28.9 Å². The molecule has 3 aromatic rings. The second-order valence-corrected chi connectivity index (χ2v) is 11.0. The van der Waals surface area contributed by atoms with Crippen molar-refractivity contribution < 1.29 is 18.0 Å². The molecule has 7 nitrogen and oxygen atoms in total. The number of hydrogen-bond donors (Lipinski definition) is 1. The zero-order chi connectivity index (χ0) is 22.9. The third-order valence-corrected chi connectivity index (χ3v) is 8.09. The molecule has 1 aliphatic rings. The first-order chi connectivity index (χ1) is 15.3. The quantitative estimate of drug-likeness (QED) is 0.565. The SMILES string of the molecule is CCS(=O)(=O)c1ccc(CC(=O)Nc2nc3c(s2)C(=O)N(c2cccc(Cl)c2)CC3)cc1. The Morgan fingerprint density at radius 1 is 1.22 bits per heavy atom. The fraction of sp³-hybridized carbons (Fsp3) is 0.227. The molecule has 32 heavy (non-hydrogen) atoms. The Morgan fingerprint density at radius 2 is 1.97 bits per heavy atom. The van der Waals surface area contributed by atoms with E-state index in [9.17, 15) is 18.0 Å². The van der Waals surface area contributed by atoms with Crippen LogP contribution in [0.4, 0.5) is 10.8 Å². The van der Waals surface area contributed by atoms with Crippen molar-refractivity contribution in [3.63, 3.8) is 0 Å². The van der Waals surface area contributed by atoms with Gasteiger partial charge in [-0.15, -0.1) is 0 Å². The number of rotatable bonds is 6. The highest BCUT2D eigenvalue weighted by Gasteiger charge is 2.29. The molecule has 0 aliphatic carbocycles. The molecule has 2 aromatic carbocycles. The van der Waals surface area contributed by atoms with Gasteiger partial charge < -0.3 is 10.2 Å². The van der Waals surface area contributed by atoms with Gasteiger partial charge >= 0.3 is 0 Å². The lowest BCUT2D eigenvalue weighted by Gasteiger charge is -2.26. The van der Waals surface area contributed by atoms with E-state index in [2.05, 4.69) is 10.3 Å². The number of hydrogen-bond acceptors (Lipinski definition) is 6. The number of halogens is 1. The van der Waals surface area contributed by atoms with Gasteiger partial charge in [-0.2, -0.15) is 0 Å². The fourth-order valence-electron chi connectivity index (χ4n) is 3.40. The van der Waals surface area contributed by atoms with E-state index in [4.69, 9.17) is 11.6 Å². The number of carbonyl (C=O) groups is 2. The normalized spacial score (nSPS) is 13.7. The first-order valence-electron chi connectivity index (χ1n) is 9.95. The van der Waals surface area contributed by atoms with E-state index in [1.807, 2.05) is 6.07 Å². The molecule has 1 aromatic heterocycles. The van der Waals surface area contributed by atoms with E-state index in [0.717, 1.165) is 17.0 Å². The standard InChI is InChI=1S/C22H20ClN3O4S2/c1-2-32(29,30)17-8-6-14(7-9-17)12-19(27)25-22-24-18-10-11-26(21(28)20(18)31-22)16-5-3-4-15(23)13-16/h3-9,13H,2,10-12H2,1H3,(H,24,25,27). The number of carbonyl (C=O) groups excluding carboxylic acids is 2. The van der Waals surface area contributed by atoms with Crippen molar-refractivity contribution in [1.29, 1.82) is 0 Å². The molecular weight excluding hydrogens is 470 g/mol. The van der Waals surface area contributed by atoms with Gasteiger partial charge in [-0.05, 0) is 35.9 Å². The molecule has 166 valence electrons. The van der Waals surface area contributed by atoms with Crippen molar-refractivity contribution in [2.75, 3.05) is 22.5 Å². The topological polar surface area (TPSA) is 96.4 Å². The van der Waals surface area contributed by atoms with Gasteiger partial charge in [-0.25, -0.2) is 13.4 Å². The number of thiazole rings is 1. The van der Waals surface area contributed by atoms with Crippen molar-refractivity contribution in [3.05, 3.63) is 69.7 Å². The maximum atomic E-state index is 12.9. The average Bonchev–Trinajstić information content (AvgIpc) is 3.17. The van der Waals surface area contributed by atoms with Crippen molar-refractivity contribution in [2.45, 2.75) is 24.7 Å². The Kier molecular flexibility index (Phi) is 6.32. The number of anilines is 2. The number of sulfone groups is 1. The van der Waals surface area contributed by atoms with Crippen LogP contribution in [0.25, 0.3) is 0 Å². The Balaban J connectivity index is 1.44. The largest absolute Gasteiger partial charge is 0.307 e. The molecule has 0 unspecified atom stereocenters. The molecule has 0 spiro atoms. The van der Waals surface area contributed by atoms with Crippen molar-refractivity contribution >= 4 is 55.4 Å². The highest BCUT2D eigenvalue weighted by Crippen LogP contribution is 2.31. The van der Waals surface area contributed by atoms with E-state index < -0.39 is 9.84 Å². The number of amides is 2. The van der Waals surface area contributed by atoms with Crippen molar-refractivity contribution in [2.24, 2.45) is 0 Å². The Bertz CT molecular complexity index is 1290. The van der Waals surface area contributed by atoms with E-state index in [0.29, 0.717) is 39.3 Å². The summed E-state index contributed by atoms with van der Waals surface area (Å²) in [6, 6.07) is 13.4. The van der Waals surface area contributed by atoms with Crippen LogP contribution in [0.2, 0.25) is 5.02 Å². The molecular formula is C22H20ClN3O4S2. The van der Waals surface area contributed by atoms with Crippen LogP contribution in [0.15, 0.2) is 53.4 Å². The average molecular weight is 490 g/mol. The lowest BCUT2D eigenvalue weighted by molar-refractivity contribution is -0.115. The minimum atomic E-state index is -3.28.